The highest BCUT2D eigenvalue weighted by Crippen LogP contribution is 2.34. The van der Waals surface area contributed by atoms with E-state index in [4.69, 9.17) is 13.6 Å². The summed E-state index contributed by atoms with van der Waals surface area (Å²) in [6.45, 7) is 3.60. The topological polar surface area (TPSA) is 134 Å². The first kappa shape index (κ1) is 23.4. The van der Waals surface area contributed by atoms with Crippen molar-refractivity contribution in [3.8, 4) is 29.0 Å². The molecule has 9 nitrogen and oxygen atoms in total. The summed E-state index contributed by atoms with van der Waals surface area (Å²) < 4.78 is 16.0. The molecule has 0 radical (unpaired) electrons. The molecular formula is C23H20N4O5S2. The van der Waals surface area contributed by atoms with Gasteiger partial charge in [0.25, 0.3) is 0 Å². The third-order valence-corrected chi connectivity index (χ3v) is 6.81. The molecule has 0 unspecified atom stereocenters. The average Bonchev–Trinajstić information content (AvgIpc) is 3.60. The van der Waals surface area contributed by atoms with Gasteiger partial charge in [-0.25, -0.2) is 9.78 Å². The predicted molar refractivity (Wildman–Crippen MR) is 128 cm³/mol. The van der Waals surface area contributed by atoms with Gasteiger partial charge in [-0.1, -0.05) is 11.8 Å². The van der Waals surface area contributed by atoms with Crippen molar-refractivity contribution >= 4 is 40.0 Å². The van der Waals surface area contributed by atoms with E-state index in [1.165, 1.54) is 11.8 Å². The Balaban J connectivity index is 1.41. The largest absolute Gasteiger partial charge is 0.463 e. The number of nitrogens with zero attached hydrogens (tertiary/aromatic N) is 2. The number of aromatic nitrogens is 2. The molecule has 11 heteroatoms. The second-order valence-electron chi connectivity index (χ2n) is 6.96. The standard InChI is InChI=1S/C23H20N4O5S2/c1-3-30-22(29)20-13(2)14(12-24)21(34-20)25-17(28)8-11-33-23-26-18(15-6-4-9-31-15)19(27-23)16-7-5-10-32-16/h4-7,9-10H,3,8,11H2,1-2H3,(H,25,28)(H,26,27). The van der Waals surface area contributed by atoms with Crippen LogP contribution in [-0.2, 0) is 9.53 Å². The van der Waals surface area contributed by atoms with E-state index in [0.717, 1.165) is 11.3 Å². The number of nitriles is 1. The number of carbonyl (C=O) groups is 2. The maximum absolute atomic E-state index is 12.5. The number of esters is 1. The Morgan fingerprint density at radius 3 is 2.65 bits per heavy atom. The van der Waals surface area contributed by atoms with E-state index in [-0.39, 0.29) is 24.5 Å². The third-order valence-electron chi connectivity index (χ3n) is 4.74. The van der Waals surface area contributed by atoms with Crippen LogP contribution in [0.15, 0.2) is 50.8 Å². The van der Waals surface area contributed by atoms with Gasteiger partial charge in [0, 0.05) is 12.2 Å². The minimum atomic E-state index is -0.505. The maximum atomic E-state index is 12.5. The Bertz CT molecular complexity index is 1280. The van der Waals surface area contributed by atoms with Crippen molar-refractivity contribution in [3.63, 3.8) is 0 Å². The molecule has 0 saturated carbocycles. The van der Waals surface area contributed by atoms with Crippen molar-refractivity contribution in [2.24, 2.45) is 0 Å². The van der Waals surface area contributed by atoms with Crippen LogP contribution in [0.4, 0.5) is 5.00 Å². The number of hydrogen-bond acceptors (Lipinski definition) is 9. The van der Waals surface area contributed by atoms with Gasteiger partial charge >= 0.3 is 5.97 Å². The Morgan fingerprint density at radius 2 is 2.00 bits per heavy atom. The summed E-state index contributed by atoms with van der Waals surface area (Å²) >= 11 is 2.42. The zero-order chi connectivity index (χ0) is 24.1. The van der Waals surface area contributed by atoms with E-state index in [0.29, 0.717) is 49.3 Å². The molecule has 0 saturated heterocycles. The number of hydrogen-bond donors (Lipinski definition) is 2. The van der Waals surface area contributed by atoms with Gasteiger partial charge in [-0.2, -0.15) is 5.26 Å². The van der Waals surface area contributed by atoms with E-state index in [2.05, 4.69) is 21.4 Å². The van der Waals surface area contributed by atoms with Gasteiger partial charge in [-0.3, -0.25) is 4.79 Å². The monoisotopic (exact) mass is 496 g/mol. The van der Waals surface area contributed by atoms with Crippen LogP contribution >= 0.6 is 23.1 Å². The summed E-state index contributed by atoms with van der Waals surface area (Å²) in [5, 5.41) is 13.2. The van der Waals surface area contributed by atoms with E-state index >= 15 is 0 Å². The van der Waals surface area contributed by atoms with E-state index < -0.39 is 5.97 Å². The van der Waals surface area contributed by atoms with Crippen LogP contribution in [0.25, 0.3) is 22.9 Å². The number of furan rings is 2. The number of thioether (sulfide) groups is 1. The maximum Gasteiger partial charge on any atom is 0.348 e. The summed E-state index contributed by atoms with van der Waals surface area (Å²) in [6, 6.07) is 9.25. The molecule has 0 aliphatic heterocycles. The molecule has 0 spiro atoms. The number of ether oxygens (including phenoxy) is 1. The molecule has 4 aromatic rings. The van der Waals surface area contributed by atoms with Gasteiger partial charge in [0.2, 0.25) is 5.91 Å². The van der Waals surface area contributed by atoms with E-state index in [9.17, 15) is 14.9 Å². The number of rotatable bonds is 9. The van der Waals surface area contributed by atoms with Crippen LogP contribution in [0, 0.1) is 18.3 Å². The van der Waals surface area contributed by atoms with Gasteiger partial charge in [-0.15, -0.1) is 11.3 Å². The number of thiophene rings is 1. The molecule has 0 aromatic carbocycles. The number of aromatic amines is 1. The van der Waals surface area contributed by atoms with Crippen LogP contribution in [0.5, 0.6) is 0 Å². The summed E-state index contributed by atoms with van der Waals surface area (Å²) in [6.07, 6.45) is 3.32. The molecule has 0 bridgehead atoms. The fourth-order valence-corrected chi connectivity index (χ4v) is 5.05. The fourth-order valence-electron chi connectivity index (χ4n) is 3.17. The van der Waals surface area contributed by atoms with Crippen LogP contribution in [0.3, 0.4) is 0 Å². The van der Waals surface area contributed by atoms with Crippen molar-refractivity contribution in [1.29, 1.82) is 5.26 Å². The highest BCUT2D eigenvalue weighted by Gasteiger charge is 2.22. The zero-order valence-electron chi connectivity index (χ0n) is 18.3. The van der Waals surface area contributed by atoms with Crippen molar-refractivity contribution < 1.29 is 23.2 Å². The van der Waals surface area contributed by atoms with Gasteiger partial charge in [0.15, 0.2) is 16.7 Å². The SMILES string of the molecule is CCOC(=O)c1sc(NC(=O)CCSc2nc(-c3ccco3)c(-c3ccco3)[nH]2)c(C#N)c1C. The van der Waals surface area contributed by atoms with Crippen LogP contribution in [-0.4, -0.2) is 34.2 Å². The normalized spacial score (nSPS) is 10.7. The van der Waals surface area contributed by atoms with Crippen molar-refractivity contribution in [2.45, 2.75) is 25.4 Å². The predicted octanol–water partition coefficient (Wildman–Crippen LogP) is 5.47. The highest BCUT2D eigenvalue weighted by atomic mass is 32.2. The summed E-state index contributed by atoms with van der Waals surface area (Å²) in [5.74, 6) is 0.880. The molecule has 0 fully saturated rings. The van der Waals surface area contributed by atoms with Gasteiger partial charge in [0.1, 0.15) is 27.3 Å². The molecule has 0 atom stereocenters. The lowest BCUT2D eigenvalue weighted by molar-refractivity contribution is -0.115. The van der Waals surface area contributed by atoms with Crippen LogP contribution in [0.2, 0.25) is 0 Å². The van der Waals surface area contributed by atoms with Gasteiger partial charge in [-0.05, 0) is 43.7 Å². The Morgan fingerprint density at radius 1 is 1.26 bits per heavy atom. The van der Waals surface area contributed by atoms with E-state index in [1.807, 2.05) is 12.1 Å². The molecule has 174 valence electrons. The van der Waals surface area contributed by atoms with Gasteiger partial charge in [0.05, 0.1) is 24.7 Å². The molecule has 4 heterocycles. The van der Waals surface area contributed by atoms with Crippen LogP contribution < -0.4 is 5.32 Å². The molecule has 2 N–H and O–H groups in total. The molecule has 4 aromatic heterocycles. The molecule has 0 aliphatic carbocycles. The molecular weight excluding hydrogens is 476 g/mol. The summed E-state index contributed by atoms with van der Waals surface area (Å²) in [7, 11) is 0. The van der Waals surface area contributed by atoms with Crippen molar-refractivity contribution in [2.75, 3.05) is 17.7 Å². The summed E-state index contributed by atoms with van der Waals surface area (Å²) in [4.78, 5) is 32.8. The van der Waals surface area contributed by atoms with Crippen LogP contribution in [0.1, 0.15) is 34.1 Å². The first-order chi connectivity index (χ1) is 16.5. The number of H-pyrrole nitrogens is 1. The smallest absolute Gasteiger partial charge is 0.348 e. The van der Waals surface area contributed by atoms with E-state index in [1.54, 1.807) is 38.5 Å². The van der Waals surface area contributed by atoms with Gasteiger partial charge < -0.3 is 23.9 Å². The highest BCUT2D eigenvalue weighted by molar-refractivity contribution is 7.99. The number of nitrogens with one attached hydrogen (secondary N) is 2. The first-order valence-electron chi connectivity index (χ1n) is 10.3. The Hall–Kier alpha value is -3.75. The zero-order valence-corrected chi connectivity index (χ0v) is 20.0. The lowest BCUT2D eigenvalue weighted by Gasteiger charge is -2.02. The molecule has 0 aliphatic rings. The molecule has 1 amide bonds. The van der Waals surface area contributed by atoms with Crippen molar-refractivity contribution in [1.82, 2.24) is 9.97 Å². The molecule has 4 rings (SSSR count). The average molecular weight is 497 g/mol. The fraction of sp³-hybridized carbons (Fsp3) is 0.217. The number of carbonyl (C=O) groups excluding carboxylic acids is 2. The minimum absolute atomic E-state index is 0.175. The number of amides is 1. The second-order valence-corrected chi connectivity index (χ2v) is 9.06. The second kappa shape index (κ2) is 10.5. The molecule has 34 heavy (non-hydrogen) atoms. The third kappa shape index (κ3) is 4.93. The number of anilines is 1. The quantitative estimate of drug-likeness (QED) is 0.230. The number of imidazole rings is 1. The lowest BCUT2D eigenvalue weighted by Crippen LogP contribution is -2.12. The Labute approximate surface area is 203 Å². The first-order valence-corrected chi connectivity index (χ1v) is 12.1. The Kier molecular flexibility index (Phi) is 7.20. The lowest BCUT2D eigenvalue weighted by atomic mass is 10.2. The minimum Gasteiger partial charge on any atom is -0.463 e. The van der Waals surface area contributed by atoms with Crippen molar-refractivity contribution in [3.05, 3.63) is 52.8 Å². The summed E-state index contributed by atoms with van der Waals surface area (Å²) in [5.41, 5.74) is 2.07.